The van der Waals surface area contributed by atoms with Crippen LogP contribution >= 0.6 is 0 Å². The summed E-state index contributed by atoms with van der Waals surface area (Å²) in [6, 6.07) is 16.7. The third kappa shape index (κ3) is 5.95. The van der Waals surface area contributed by atoms with E-state index in [0.717, 1.165) is 6.42 Å². The summed E-state index contributed by atoms with van der Waals surface area (Å²) < 4.78 is 10.4. The summed E-state index contributed by atoms with van der Waals surface area (Å²) in [7, 11) is 0. The van der Waals surface area contributed by atoms with E-state index in [0.29, 0.717) is 24.5 Å². The van der Waals surface area contributed by atoms with Gasteiger partial charge in [0.2, 0.25) is 0 Å². The number of esters is 1. The van der Waals surface area contributed by atoms with E-state index in [1.165, 1.54) is 5.56 Å². The van der Waals surface area contributed by atoms with Crippen molar-refractivity contribution < 1.29 is 19.1 Å². The number of nitrogens with one attached hydrogen (secondary N) is 1. The second-order valence-electron chi connectivity index (χ2n) is 5.53. The number of ether oxygens (including phenoxy) is 2. The molecule has 0 saturated carbocycles. The van der Waals surface area contributed by atoms with Crippen molar-refractivity contribution in [2.45, 2.75) is 26.4 Å². The van der Waals surface area contributed by atoms with Gasteiger partial charge in [-0.05, 0) is 50.1 Å². The van der Waals surface area contributed by atoms with Crippen molar-refractivity contribution >= 4 is 11.9 Å². The van der Waals surface area contributed by atoms with Crippen LogP contribution in [0.3, 0.4) is 0 Å². The summed E-state index contributed by atoms with van der Waals surface area (Å²) in [6.45, 7) is 4.26. The molecule has 2 rings (SSSR count). The Bertz CT molecular complexity index is 683. The highest BCUT2D eigenvalue weighted by Gasteiger charge is 2.15. The lowest BCUT2D eigenvalue weighted by molar-refractivity contribution is -0.150. The lowest BCUT2D eigenvalue weighted by Crippen LogP contribution is -2.26. The van der Waals surface area contributed by atoms with Crippen LogP contribution in [0.15, 0.2) is 54.6 Å². The molecule has 0 unspecified atom stereocenters. The minimum atomic E-state index is -0.689. The maximum Gasteiger partial charge on any atom is 0.347 e. The number of hydrogen-bond donors (Lipinski definition) is 1. The molecule has 0 aromatic heterocycles. The Morgan fingerprint density at radius 3 is 2.36 bits per heavy atom. The first kappa shape index (κ1) is 18.5. The van der Waals surface area contributed by atoms with Crippen LogP contribution in [0.5, 0.6) is 5.75 Å². The number of carbonyl (C=O) groups excluding carboxylic acids is 2. The normalized spacial score (nSPS) is 11.4. The van der Waals surface area contributed by atoms with Gasteiger partial charge in [0.15, 0.2) is 6.10 Å². The summed E-state index contributed by atoms with van der Waals surface area (Å²) in [5, 5.41) is 2.89. The van der Waals surface area contributed by atoms with Crippen LogP contribution in [-0.4, -0.2) is 31.1 Å². The molecule has 0 aliphatic heterocycles. The Balaban J connectivity index is 1.82. The summed E-state index contributed by atoms with van der Waals surface area (Å²) in [5.74, 6) is -0.0347. The highest BCUT2D eigenvalue weighted by Crippen LogP contribution is 2.14. The molecule has 2 aromatic rings. The Morgan fingerprint density at radius 2 is 1.72 bits per heavy atom. The van der Waals surface area contributed by atoms with E-state index in [2.05, 4.69) is 5.32 Å². The van der Waals surface area contributed by atoms with E-state index >= 15 is 0 Å². The van der Waals surface area contributed by atoms with Crippen molar-refractivity contribution in [2.24, 2.45) is 0 Å². The van der Waals surface area contributed by atoms with Crippen LogP contribution in [0.2, 0.25) is 0 Å². The van der Waals surface area contributed by atoms with Crippen molar-refractivity contribution in [3.8, 4) is 5.75 Å². The highest BCUT2D eigenvalue weighted by molar-refractivity contribution is 5.94. The van der Waals surface area contributed by atoms with Crippen LogP contribution in [0.25, 0.3) is 0 Å². The Morgan fingerprint density at radius 1 is 1.04 bits per heavy atom. The van der Waals surface area contributed by atoms with Crippen LogP contribution in [0, 0.1) is 0 Å². The Hall–Kier alpha value is -2.82. The third-order valence-electron chi connectivity index (χ3n) is 3.59. The SMILES string of the molecule is CCOC(=O)[C@H](C)Oc1ccc(C(=O)NCCc2ccccc2)cc1. The second-order valence-corrected chi connectivity index (χ2v) is 5.53. The molecule has 1 N–H and O–H groups in total. The minimum Gasteiger partial charge on any atom is -0.479 e. The quantitative estimate of drug-likeness (QED) is 0.750. The molecule has 1 amide bonds. The molecule has 2 aromatic carbocycles. The van der Waals surface area contributed by atoms with Gasteiger partial charge >= 0.3 is 5.97 Å². The van der Waals surface area contributed by atoms with Gasteiger partial charge in [0.1, 0.15) is 5.75 Å². The fraction of sp³-hybridized carbons (Fsp3) is 0.300. The zero-order valence-electron chi connectivity index (χ0n) is 14.5. The van der Waals surface area contributed by atoms with E-state index in [4.69, 9.17) is 9.47 Å². The van der Waals surface area contributed by atoms with Gasteiger partial charge in [-0.3, -0.25) is 4.79 Å². The van der Waals surface area contributed by atoms with E-state index in [-0.39, 0.29) is 5.91 Å². The van der Waals surface area contributed by atoms with Crippen molar-refractivity contribution in [2.75, 3.05) is 13.2 Å². The molecule has 0 aliphatic carbocycles. The predicted octanol–water partition coefficient (Wildman–Crippen LogP) is 2.99. The molecule has 5 heteroatoms. The Kier molecular flexibility index (Phi) is 7.01. The molecule has 0 spiro atoms. The molecular formula is C20H23NO4. The molecule has 0 saturated heterocycles. The first-order chi connectivity index (χ1) is 12.1. The van der Waals surface area contributed by atoms with E-state index in [9.17, 15) is 9.59 Å². The molecule has 0 aliphatic rings. The number of rotatable bonds is 8. The van der Waals surface area contributed by atoms with Gasteiger partial charge in [0.25, 0.3) is 5.91 Å². The molecule has 0 bridgehead atoms. The largest absolute Gasteiger partial charge is 0.479 e. The van der Waals surface area contributed by atoms with Gasteiger partial charge in [-0.1, -0.05) is 30.3 Å². The maximum atomic E-state index is 12.1. The van der Waals surface area contributed by atoms with Gasteiger partial charge in [-0.2, -0.15) is 0 Å². The van der Waals surface area contributed by atoms with Crippen molar-refractivity contribution in [1.29, 1.82) is 0 Å². The van der Waals surface area contributed by atoms with E-state index in [1.807, 2.05) is 30.3 Å². The second kappa shape index (κ2) is 9.47. The summed E-state index contributed by atoms with van der Waals surface area (Å²) in [5.41, 5.74) is 1.73. The molecule has 132 valence electrons. The van der Waals surface area contributed by atoms with Crippen molar-refractivity contribution in [3.05, 3.63) is 65.7 Å². The number of carbonyl (C=O) groups is 2. The van der Waals surface area contributed by atoms with Crippen molar-refractivity contribution in [3.63, 3.8) is 0 Å². The van der Waals surface area contributed by atoms with Gasteiger partial charge in [0, 0.05) is 12.1 Å². The van der Waals surface area contributed by atoms with Crippen LogP contribution in [0.4, 0.5) is 0 Å². The topological polar surface area (TPSA) is 64.6 Å². The molecule has 5 nitrogen and oxygen atoms in total. The van der Waals surface area contributed by atoms with Gasteiger partial charge in [0.05, 0.1) is 6.61 Å². The fourth-order valence-corrected chi connectivity index (χ4v) is 2.26. The van der Waals surface area contributed by atoms with E-state index in [1.54, 1.807) is 38.1 Å². The zero-order chi connectivity index (χ0) is 18.1. The highest BCUT2D eigenvalue weighted by atomic mass is 16.6. The number of benzene rings is 2. The van der Waals surface area contributed by atoms with Gasteiger partial charge in [-0.15, -0.1) is 0 Å². The van der Waals surface area contributed by atoms with Crippen molar-refractivity contribution in [1.82, 2.24) is 5.32 Å². The van der Waals surface area contributed by atoms with E-state index < -0.39 is 12.1 Å². The zero-order valence-corrected chi connectivity index (χ0v) is 14.5. The maximum absolute atomic E-state index is 12.1. The van der Waals surface area contributed by atoms with Crippen LogP contribution < -0.4 is 10.1 Å². The van der Waals surface area contributed by atoms with Crippen LogP contribution in [-0.2, 0) is 16.0 Å². The Labute approximate surface area is 148 Å². The summed E-state index contributed by atoms with van der Waals surface area (Å²) >= 11 is 0. The minimum absolute atomic E-state index is 0.138. The first-order valence-corrected chi connectivity index (χ1v) is 8.35. The summed E-state index contributed by atoms with van der Waals surface area (Å²) in [4.78, 5) is 23.7. The average molecular weight is 341 g/mol. The average Bonchev–Trinajstić information content (AvgIpc) is 2.63. The van der Waals surface area contributed by atoms with Crippen LogP contribution in [0.1, 0.15) is 29.8 Å². The monoisotopic (exact) mass is 341 g/mol. The molecule has 1 atom stereocenters. The lowest BCUT2D eigenvalue weighted by Gasteiger charge is -2.13. The number of hydrogen-bond acceptors (Lipinski definition) is 4. The molecule has 0 radical (unpaired) electrons. The standard InChI is InChI=1S/C20H23NO4/c1-3-24-20(23)15(2)25-18-11-9-17(10-12-18)19(22)21-14-13-16-7-5-4-6-8-16/h4-12,15H,3,13-14H2,1-2H3,(H,21,22)/t15-/m0/s1. The summed E-state index contributed by atoms with van der Waals surface area (Å²) in [6.07, 6.45) is 0.0932. The molecule has 0 heterocycles. The molecule has 25 heavy (non-hydrogen) atoms. The lowest BCUT2D eigenvalue weighted by atomic mass is 10.1. The number of amides is 1. The smallest absolute Gasteiger partial charge is 0.347 e. The van der Waals surface area contributed by atoms with Gasteiger partial charge in [-0.25, -0.2) is 4.79 Å². The predicted molar refractivity (Wildman–Crippen MR) is 95.6 cm³/mol. The molecular weight excluding hydrogens is 318 g/mol. The first-order valence-electron chi connectivity index (χ1n) is 8.35. The van der Waals surface area contributed by atoms with Gasteiger partial charge < -0.3 is 14.8 Å². The fourth-order valence-electron chi connectivity index (χ4n) is 2.26. The third-order valence-corrected chi connectivity index (χ3v) is 3.59. The molecule has 0 fully saturated rings.